The predicted molar refractivity (Wildman–Crippen MR) is 72.6 cm³/mol. The largest absolute Gasteiger partial charge is 0.360 e. The van der Waals surface area contributed by atoms with Gasteiger partial charge in [-0.1, -0.05) is 45.9 Å². The average molecular weight is 228 g/mol. The van der Waals surface area contributed by atoms with E-state index in [4.69, 9.17) is 0 Å². The Balaban J connectivity index is 2.53. The summed E-state index contributed by atoms with van der Waals surface area (Å²) in [7, 11) is 0. The Morgan fingerprint density at radius 1 is 1.06 bits per heavy atom. The third kappa shape index (κ3) is 2.31. The van der Waals surface area contributed by atoms with Crippen LogP contribution in [0.2, 0.25) is 0 Å². The lowest BCUT2D eigenvalue weighted by molar-refractivity contribution is 0.824. The topological polar surface area (TPSA) is 15.3 Å². The molecule has 0 atom stereocenters. The van der Waals surface area contributed by atoms with Gasteiger partial charge in [-0.3, -0.25) is 0 Å². The van der Waals surface area contributed by atoms with Crippen LogP contribution in [-0.2, 0) is 0 Å². The number of anilines is 1. The Bertz CT molecular complexity index is 393. The van der Waals surface area contributed by atoms with Crippen LogP contribution in [0.4, 0.5) is 5.69 Å². The molecule has 1 N–H and O–H groups in total. The van der Waals surface area contributed by atoms with E-state index in [1.54, 1.807) is 0 Å². The van der Waals surface area contributed by atoms with Crippen LogP contribution < -0.4 is 10.2 Å². The van der Waals surface area contributed by atoms with Gasteiger partial charge in [-0.15, -0.1) is 0 Å². The molecule has 0 aromatic heterocycles. The molecule has 0 saturated carbocycles. The molecule has 0 amide bonds. The number of rotatable bonds is 3. The van der Waals surface area contributed by atoms with Gasteiger partial charge in [0.2, 0.25) is 6.67 Å². The van der Waals surface area contributed by atoms with Crippen LogP contribution in [0.1, 0.15) is 50.7 Å². The van der Waals surface area contributed by atoms with E-state index in [2.05, 4.69) is 62.8 Å². The first-order valence-corrected chi connectivity index (χ1v) is 6.21. The normalized spacial score (nSPS) is 14.8. The summed E-state index contributed by atoms with van der Waals surface area (Å²) in [4.78, 5) is 2.06. The van der Waals surface area contributed by atoms with E-state index >= 15 is 0 Å². The number of hydrogen-bond donors (Lipinski definition) is 1. The van der Waals surface area contributed by atoms with Gasteiger partial charge in [0.15, 0.2) is 0 Å². The summed E-state index contributed by atoms with van der Waals surface area (Å²) in [6.45, 7) is 12.1. The molecule has 2 radical (unpaired) electrons. The molecule has 90 valence electrons. The van der Waals surface area contributed by atoms with Crippen molar-refractivity contribution in [2.45, 2.75) is 39.5 Å². The highest BCUT2D eigenvalue weighted by molar-refractivity contribution is 5.65. The molecule has 1 aromatic rings. The van der Waals surface area contributed by atoms with E-state index in [-0.39, 0.29) is 0 Å². The third-order valence-electron chi connectivity index (χ3n) is 3.08. The third-order valence-corrected chi connectivity index (χ3v) is 3.08. The molecule has 1 aliphatic heterocycles. The number of nitrogens with zero attached hydrogens (tertiary/aromatic N) is 1. The lowest BCUT2D eigenvalue weighted by Gasteiger charge is -2.25. The minimum atomic E-state index is 0.513. The van der Waals surface area contributed by atoms with Crippen molar-refractivity contribution in [2.75, 3.05) is 4.90 Å². The van der Waals surface area contributed by atoms with E-state index in [0.717, 1.165) is 0 Å². The zero-order valence-corrected chi connectivity index (χ0v) is 11.0. The molecule has 17 heavy (non-hydrogen) atoms. The fraction of sp³-hybridized carbons (Fsp3) is 0.400. The summed E-state index contributed by atoms with van der Waals surface area (Å²) in [5.41, 5.74) is 4.02. The summed E-state index contributed by atoms with van der Waals surface area (Å²) >= 11 is 0. The quantitative estimate of drug-likeness (QED) is 0.846. The average Bonchev–Trinajstić information content (AvgIpc) is 2.80. The lowest BCUT2D eigenvalue weighted by Crippen LogP contribution is -2.17. The molecule has 2 heteroatoms. The molecule has 0 bridgehead atoms. The summed E-state index contributed by atoms with van der Waals surface area (Å²) in [5.74, 6) is 1.03. The number of benzene rings is 1. The molecule has 2 rings (SSSR count). The fourth-order valence-corrected chi connectivity index (χ4v) is 2.18. The Morgan fingerprint density at radius 2 is 1.65 bits per heavy atom. The fourth-order valence-electron chi connectivity index (χ4n) is 2.18. The van der Waals surface area contributed by atoms with Crippen molar-refractivity contribution in [3.05, 3.63) is 48.4 Å². The first-order valence-electron chi connectivity index (χ1n) is 6.21. The molecule has 1 aliphatic rings. The zero-order chi connectivity index (χ0) is 12.4. The SMILES string of the molecule is CC(C)c1cccc(C(C)C)c1N1[C]NC=C1. The minimum Gasteiger partial charge on any atom is -0.360 e. The number of hydrogen-bond acceptors (Lipinski definition) is 2. The van der Waals surface area contributed by atoms with Gasteiger partial charge in [-0.2, -0.15) is 0 Å². The highest BCUT2D eigenvalue weighted by Crippen LogP contribution is 2.36. The Hall–Kier alpha value is -1.44. The highest BCUT2D eigenvalue weighted by Gasteiger charge is 2.19. The van der Waals surface area contributed by atoms with Crippen LogP contribution in [0, 0.1) is 6.67 Å². The summed E-state index contributed by atoms with van der Waals surface area (Å²) in [6, 6.07) is 6.57. The molecule has 0 fully saturated rings. The van der Waals surface area contributed by atoms with Gasteiger partial charge in [0.1, 0.15) is 0 Å². The van der Waals surface area contributed by atoms with E-state index in [1.165, 1.54) is 16.8 Å². The summed E-state index contributed by atoms with van der Waals surface area (Å²) in [6.07, 6.45) is 3.92. The van der Waals surface area contributed by atoms with Gasteiger partial charge in [0.05, 0.1) is 5.69 Å². The van der Waals surface area contributed by atoms with E-state index in [0.29, 0.717) is 11.8 Å². The summed E-state index contributed by atoms with van der Waals surface area (Å²) in [5, 5.41) is 3.00. The second-order valence-corrected chi connectivity index (χ2v) is 5.04. The maximum Gasteiger partial charge on any atom is 0.209 e. The van der Waals surface area contributed by atoms with Crippen LogP contribution >= 0.6 is 0 Å². The van der Waals surface area contributed by atoms with Crippen molar-refractivity contribution in [2.24, 2.45) is 0 Å². The maximum absolute atomic E-state index is 3.14. The molecule has 1 heterocycles. The molecule has 0 spiro atoms. The van der Waals surface area contributed by atoms with E-state index in [1.807, 2.05) is 12.4 Å². The number of para-hydroxylation sites is 1. The smallest absolute Gasteiger partial charge is 0.209 e. The summed E-state index contributed by atoms with van der Waals surface area (Å²) < 4.78 is 0. The van der Waals surface area contributed by atoms with Crippen LogP contribution in [0.3, 0.4) is 0 Å². The van der Waals surface area contributed by atoms with E-state index in [9.17, 15) is 0 Å². The van der Waals surface area contributed by atoms with Gasteiger partial charge in [-0.25, -0.2) is 0 Å². The van der Waals surface area contributed by atoms with Crippen molar-refractivity contribution in [1.82, 2.24) is 5.32 Å². The van der Waals surface area contributed by atoms with Gasteiger partial charge in [0, 0.05) is 12.4 Å². The second-order valence-electron chi connectivity index (χ2n) is 5.04. The van der Waals surface area contributed by atoms with Crippen LogP contribution in [0.25, 0.3) is 0 Å². The highest BCUT2D eigenvalue weighted by atomic mass is 15.2. The first kappa shape index (κ1) is 12.0. The first-order chi connectivity index (χ1) is 8.11. The monoisotopic (exact) mass is 228 g/mol. The second kappa shape index (κ2) is 4.82. The standard InChI is InChI=1S/C15H20N2/c1-11(2)13-6-5-7-14(12(3)4)15(13)17-9-8-16-10-17/h5-9,11-12,16H,1-4H3. The minimum absolute atomic E-state index is 0.513. The lowest BCUT2D eigenvalue weighted by atomic mass is 9.92. The molecule has 2 nitrogen and oxygen atoms in total. The predicted octanol–water partition coefficient (Wildman–Crippen LogP) is 3.81. The number of nitrogens with one attached hydrogen (secondary N) is 1. The van der Waals surface area contributed by atoms with Gasteiger partial charge in [-0.05, 0) is 23.0 Å². The molecule has 0 unspecified atom stereocenters. The van der Waals surface area contributed by atoms with E-state index < -0.39 is 0 Å². The van der Waals surface area contributed by atoms with Crippen LogP contribution in [0.5, 0.6) is 0 Å². The molecule has 1 aromatic carbocycles. The van der Waals surface area contributed by atoms with Crippen LogP contribution in [-0.4, -0.2) is 0 Å². The molecular weight excluding hydrogens is 208 g/mol. The van der Waals surface area contributed by atoms with Crippen molar-refractivity contribution in [3.63, 3.8) is 0 Å². The molecule has 0 saturated heterocycles. The van der Waals surface area contributed by atoms with Crippen molar-refractivity contribution in [1.29, 1.82) is 0 Å². The molecular formula is C15H20N2. The van der Waals surface area contributed by atoms with Gasteiger partial charge in [0.25, 0.3) is 0 Å². The van der Waals surface area contributed by atoms with Crippen molar-refractivity contribution >= 4 is 5.69 Å². The Kier molecular flexibility index (Phi) is 3.41. The van der Waals surface area contributed by atoms with Gasteiger partial charge < -0.3 is 10.2 Å². The van der Waals surface area contributed by atoms with Gasteiger partial charge >= 0.3 is 0 Å². The van der Waals surface area contributed by atoms with Crippen molar-refractivity contribution in [3.8, 4) is 0 Å². The Morgan fingerprint density at radius 3 is 2.06 bits per heavy atom. The Labute approximate surface area is 104 Å². The van der Waals surface area contributed by atoms with Crippen molar-refractivity contribution < 1.29 is 0 Å². The molecule has 0 aliphatic carbocycles. The zero-order valence-electron chi connectivity index (χ0n) is 11.0. The maximum atomic E-state index is 3.14. The van der Waals surface area contributed by atoms with Crippen LogP contribution in [0.15, 0.2) is 30.6 Å².